The van der Waals surface area contributed by atoms with E-state index in [9.17, 15) is 50.0 Å². The van der Waals surface area contributed by atoms with Crippen molar-refractivity contribution in [1.29, 1.82) is 0 Å². The first kappa shape index (κ1) is 58.1. The summed E-state index contributed by atoms with van der Waals surface area (Å²) in [5.74, 6) is -0.591. The minimum Gasteiger partial charge on any atom is -0.393 e. The monoisotopic (exact) mass is 894 g/mol. The molecule has 1 fully saturated rings. The SMILES string of the molecule is CCCCCCCCCCCCCCCCCCCC/C=C/C(O)C(COP(=O)(O)OC1C(O)C(O)C(O)C(O)C1O)NC(=O)CC(O)CCCCCCCCCCCCC. The van der Waals surface area contributed by atoms with Crippen LogP contribution in [0, 0.1) is 0 Å². The number of nitrogens with one attached hydrogen (secondary N) is 1. The Morgan fingerprint density at radius 2 is 0.934 bits per heavy atom. The van der Waals surface area contributed by atoms with E-state index in [1.807, 2.05) is 0 Å². The van der Waals surface area contributed by atoms with Crippen LogP contribution >= 0.6 is 7.82 Å². The summed E-state index contributed by atoms with van der Waals surface area (Å²) in [6, 6.07) is -1.23. The van der Waals surface area contributed by atoms with Gasteiger partial charge in [-0.05, 0) is 19.3 Å². The van der Waals surface area contributed by atoms with E-state index in [0.29, 0.717) is 12.8 Å². The summed E-state index contributed by atoms with van der Waals surface area (Å²) in [5.41, 5.74) is 0. The molecule has 9 N–H and O–H groups in total. The highest BCUT2D eigenvalue weighted by Gasteiger charge is 2.51. The van der Waals surface area contributed by atoms with Crippen LogP contribution in [-0.4, -0.2) is 108 Å². The highest BCUT2D eigenvalue weighted by Crippen LogP contribution is 2.47. The van der Waals surface area contributed by atoms with Crippen LogP contribution in [-0.2, 0) is 18.4 Å². The Labute approximate surface area is 370 Å². The molecule has 14 heteroatoms. The maximum atomic E-state index is 13.0. The summed E-state index contributed by atoms with van der Waals surface area (Å²) < 4.78 is 22.9. The summed E-state index contributed by atoms with van der Waals surface area (Å²) in [6.07, 6.45) is 25.9. The van der Waals surface area contributed by atoms with Crippen molar-refractivity contribution in [3.05, 3.63) is 12.2 Å². The molecular weight excluding hydrogens is 801 g/mol. The number of allylic oxidation sites excluding steroid dienone is 1. The van der Waals surface area contributed by atoms with Gasteiger partial charge in [0.2, 0.25) is 5.91 Å². The molecule has 0 aliphatic heterocycles. The van der Waals surface area contributed by atoms with Crippen LogP contribution in [0.2, 0.25) is 0 Å². The van der Waals surface area contributed by atoms with Gasteiger partial charge in [-0.3, -0.25) is 13.8 Å². The number of amides is 1. The van der Waals surface area contributed by atoms with Gasteiger partial charge in [0.25, 0.3) is 0 Å². The largest absolute Gasteiger partial charge is 0.472 e. The molecule has 0 saturated heterocycles. The van der Waals surface area contributed by atoms with Gasteiger partial charge in [-0.25, -0.2) is 4.57 Å². The molecule has 1 aliphatic carbocycles. The molecule has 61 heavy (non-hydrogen) atoms. The van der Waals surface area contributed by atoms with E-state index >= 15 is 0 Å². The van der Waals surface area contributed by atoms with Crippen LogP contribution in [0.25, 0.3) is 0 Å². The smallest absolute Gasteiger partial charge is 0.393 e. The molecule has 0 aromatic rings. The Balaban J connectivity index is 2.50. The van der Waals surface area contributed by atoms with Crippen molar-refractivity contribution in [2.45, 2.75) is 274 Å². The Morgan fingerprint density at radius 3 is 1.34 bits per heavy atom. The summed E-state index contributed by atoms with van der Waals surface area (Å²) in [6.45, 7) is 3.74. The fourth-order valence-corrected chi connectivity index (χ4v) is 9.03. The molecular formula is C47H92NO12P. The van der Waals surface area contributed by atoms with Gasteiger partial charge >= 0.3 is 7.82 Å². The highest BCUT2D eigenvalue weighted by molar-refractivity contribution is 7.47. The van der Waals surface area contributed by atoms with Crippen molar-refractivity contribution in [2.75, 3.05) is 6.61 Å². The van der Waals surface area contributed by atoms with Crippen molar-refractivity contribution < 1.29 is 59.0 Å². The van der Waals surface area contributed by atoms with E-state index in [-0.39, 0.29) is 6.42 Å². The Bertz CT molecular complexity index is 1100. The minimum atomic E-state index is -5.14. The molecule has 0 bridgehead atoms. The summed E-state index contributed by atoms with van der Waals surface area (Å²) in [5, 5.41) is 74.5. The lowest BCUT2D eigenvalue weighted by Crippen LogP contribution is -2.64. The number of hydrogen-bond donors (Lipinski definition) is 9. The average Bonchev–Trinajstić information content (AvgIpc) is 3.23. The Hall–Kier alpha value is -0.960. The van der Waals surface area contributed by atoms with Crippen LogP contribution in [0.15, 0.2) is 12.2 Å². The fraction of sp³-hybridized carbons (Fsp3) is 0.936. The zero-order valence-corrected chi connectivity index (χ0v) is 39.2. The van der Waals surface area contributed by atoms with Gasteiger partial charge in [-0.2, -0.15) is 0 Å². The van der Waals surface area contributed by atoms with Crippen molar-refractivity contribution in [2.24, 2.45) is 0 Å². The Morgan fingerprint density at radius 1 is 0.574 bits per heavy atom. The van der Waals surface area contributed by atoms with E-state index < -0.39 is 75.2 Å². The lowest BCUT2D eigenvalue weighted by Gasteiger charge is -2.41. The predicted octanol–water partition coefficient (Wildman–Crippen LogP) is 8.59. The first-order valence-corrected chi connectivity index (χ1v) is 26.2. The average molecular weight is 894 g/mol. The normalized spacial score (nSPS) is 23.2. The number of phosphoric acid groups is 1. The van der Waals surface area contributed by atoms with Gasteiger partial charge in [0.05, 0.1) is 31.3 Å². The summed E-state index contributed by atoms with van der Waals surface area (Å²) in [7, 11) is -5.14. The molecule has 1 amide bonds. The number of aliphatic hydroxyl groups is 7. The highest BCUT2D eigenvalue weighted by atomic mass is 31.2. The van der Waals surface area contributed by atoms with Crippen LogP contribution < -0.4 is 5.32 Å². The van der Waals surface area contributed by atoms with Crippen LogP contribution in [0.4, 0.5) is 0 Å². The second-order valence-corrected chi connectivity index (χ2v) is 19.3. The van der Waals surface area contributed by atoms with E-state index in [1.54, 1.807) is 6.08 Å². The first-order valence-electron chi connectivity index (χ1n) is 24.7. The van der Waals surface area contributed by atoms with Crippen molar-refractivity contribution in [1.82, 2.24) is 5.32 Å². The molecule has 8 atom stereocenters. The molecule has 0 aromatic heterocycles. The third kappa shape index (κ3) is 29.2. The number of carbonyl (C=O) groups excluding carboxylic acids is 1. The molecule has 1 aliphatic rings. The van der Waals surface area contributed by atoms with Gasteiger partial charge in [0.15, 0.2) is 0 Å². The van der Waals surface area contributed by atoms with Gasteiger partial charge in [-0.1, -0.05) is 206 Å². The van der Waals surface area contributed by atoms with Crippen LogP contribution in [0.5, 0.6) is 0 Å². The molecule has 0 radical (unpaired) electrons. The molecule has 0 spiro atoms. The summed E-state index contributed by atoms with van der Waals surface area (Å²) in [4.78, 5) is 23.4. The van der Waals surface area contributed by atoms with Crippen molar-refractivity contribution in [3.8, 4) is 0 Å². The van der Waals surface area contributed by atoms with E-state index in [2.05, 4.69) is 19.2 Å². The van der Waals surface area contributed by atoms with Gasteiger partial charge in [0.1, 0.15) is 36.6 Å². The number of rotatable bonds is 41. The molecule has 1 rings (SSSR count). The van der Waals surface area contributed by atoms with Crippen molar-refractivity contribution >= 4 is 13.7 Å². The molecule has 0 aromatic carbocycles. The fourth-order valence-electron chi connectivity index (χ4n) is 8.07. The quantitative estimate of drug-likeness (QED) is 0.0160. The maximum Gasteiger partial charge on any atom is 0.472 e. The molecule has 1 saturated carbocycles. The molecule has 362 valence electrons. The third-order valence-electron chi connectivity index (χ3n) is 12.1. The van der Waals surface area contributed by atoms with Gasteiger partial charge in [0, 0.05) is 0 Å². The zero-order chi connectivity index (χ0) is 45.1. The number of unbranched alkanes of at least 4 members (excludes halogenated alkanes) is 28. The minimum absolute atomic E-state index is 0.240. The zero-order valence-electron chi connectivity index (χ0n) is 38.3. The Kier molecular flexibility index (Phi) is 35.5. The molecule has 8 unspecified atom stereocenters. The lowest BCUT2D eigenvalue weighted by molar-refractivity contribution is -0.220. The van der Waals surface area contributed by atoms with Gasteiger partial charge in [-0.15, -0.1) is 0 Å². The van der Waals surface area contributed by atoms with E-state index in [0.717, 1.165) is 44.9 Å². The third-order valence-corrected chi connectivity index (χ3v) is 13.1. The number of hydrogen-bond acceptors (Lipinski definition) is 11. The second-order valence-electron chi connectivity index (χ2n) is 17.9. The van der Waals surface area contributed by atoms with E-state index in [4.69, 9.17) is 9.05 Å². The lowest BCUT2D eigenvalue weighted by atomic mass is 9.85. The number of carbonyl (C=O) groups is 1. The van der Waals surface area contributed by atoms with Crippen LogP contribution in [0.1, 0.15) is 219 Å². The van der Waals surface area contributed by atoms with E-state index in [1.165, 1.54) is 147 Å². The standard InChI is InChI=1S/C47H92NO12P/c1-3-5-7-9-11-13-15-16-17-18-19-20-21-22-23-25-27-29-31-33-35-40(50)39(37-59-61(57,58)60-47-45(55)43(53)42(52)44(54)46(47)56)48-41(51)36-38(49)34-32-30-28-26-24-14-12-10-8-6-4-2/h33,35,38-40,42-47,49-50,52-56H,3-32,34,36-37H2,1-2H3,(H,48,51)(H,57,58)/b35-33+. The molecule has 0 heterocycles. The number of phosphoric ester groups is 1. The number of aliphatic hydroxyl groups excluding tert-OH is 7. The predicted molar refractivity (Wildman–Crippen MR) is 243 cm³/mol. The van der Waals surface area contributed by atoms with Gasteiger partial charge < -0.3 is 46.0 Å². The van der Waals surface area contributed by atoms with Crippen LogP contribution in [0.3, 0.4) is 0 Å². The topological polar surface area (TPSA) is 226 Å². The van der Waals surface area contributed by atoms with Crippen molar-refractivity contribution in [3.63, 3.8) is 0 Å². The molecule has 13 nitrogen and oxygen atoms in total. The second kappa shape index (κ2) is 37.3. The maximum absolute atomic E-state index is 13.0. The first-order chi connectivity index (χ1) is 29.3. The summed E-state index contributed by atoms with van der Waals surface area (Å²) >= 11 is 0.